The second-order valence-corrected chi connectivity index (χ2v) is 4.09. The summed E-state index contributed by atoms with van der Waals surface area (Å²) in [7, 11) is 3.03. The van der Waals surface area contributed by atoms with Gasteiger partial charge in [0.2, 0.25) is 0 Å². The molecule has 4 nitrogen and oxygen atoms in total. The van der Waals surface area contributed by atoms with E-state index in [1.54, 1.807) is 12.1 Å². The standard InChI is InChI=1S/C13H20FNO3/c1-9(15-7-10(16)8-17-2)13-11(14)5-4-6-12(13)18-3/h4-6,9-10,15-16H,7-8H2,1-3H3. The number of nitrogens with one attached hydrogen (secondary N) is 1. The molecule has 5 heteroatoms. The highest BCUT2D eigenvalue weighted by Crippen LogP contribution is 2.27. The largest absolute Gasteiger partial charge is 0.496 e. The maximum Gasteiger partial charge on any atom is 0.131 e. The average molecular weight is 257 g/mol. The predicted molar refractivity (Wildman–Crippen MR) is 67.3 cm³/mol. The Kier molecular flexibility index (Phi) is 6.04. The maximum atomic E-state index is 13.8. The third-order valence-electron chi connectivity index (χ3n) is 2.68. The fourth-order valence-electron chi connectivity index (χ4n) is 1.78. The molecule has 0 amide bonds. The number of aliphatic hydroxyl groups excluding tert-OH is 1. The zero-order chi connectivity index (χ0) is 13.5. The molecule has 0 aliphatic heterocycles. The van der Waals surface area contributed by atoms with Crippen LogP contribution in [0.3, 0.4) is 0 Å². The molecule has 2 unspecified atom stereocenters. The van der Waals surface area contributed by atoms with Crippen LogP contribution in [0.25, 0.3) is 0 Å². The summed E-state index contributed by atoms with van der Waals surface area (Å²) in [6.45, 7) is 2.39. The highest BCUT2D eigenvalue weighted by Gasteiger charge is 2.16. The Hall–Kier alpha value is -1.17. The number of benzene rings is 1. The minimum atomic E-state index is -0.616. The second-order valence-electron chi connectivity index (χ2n) is 4.09. The first-order valence-corrected chi connectivity index (χ1v) is 5.83. The first kappa shape index (κ1) is 14.9. The summed E-state index contributed by atoms with van der Waals surface area (Å²) in [6, 6.07) is 4.45. The monoisotopic (exact) mass is 257 g/mol. The van der Waals surface area contributed by atoms with Gasteiger partial charge in [-0.3, -0.25) is 0 Å². The highest BCUT2D eigenvalue weighted by atomic mass is 19.1. The van der Waals surface area contributed by atoms with Gasteiger partial charge < -0.3 is 19.9 Å². The van der Waals surface area contributed by atoms with E-state index < -0.39 is 6.10 Å². The molecule has 1 rings (SSSR count). The minimum absolute atomic E-state index is 0.244. The summed E-state index contributed by atoms with van der Waals surface area (Å²) in [4.78, 5) is 0. The zero-order valence-corrected chi connectivity index (χ0v) is 10.9. The van der Waals surface area contributed by atoms with Gasteiger partial charge in [0, 0.05) is 25.3 Å². The summed E-state index contributed by atoms with van der Waals surface area (Å²) >= 11 is 0. The number of aliphatic hydroxyl groups is 1. The molecular formula is C13H20FNO3. The molecule has 0 aliphatic carbocycles. The van der Waals surface area contributed by atoms with Gasteiger partial charge in [-0.1, -0.05) is 6.07 Å². The maximum absolute atomic E-state index is 13.8. The van der Waals surface area contributed by atoms with Crippen molar-refractivity contribution in [3.8, 4) is 5.75 Å². The lowest BCUT2D eigenvalue weighted by molar-refractivity contribution is 0.0629. The SMILES string of the molecule is COCC(O)CNC(C)c1c(F)cccc1OC. The van der Waals surface area contributed by atoms with E-state index in [1.165, 1.54) is 20.3 Å². The summed E-state index contributed by atoms with van der Waals surface area (Å²) < 4.78 is 23.7. The van der Waals surface area contributed by atoms with Gasteiger partial charge in [0.1, 0.15) is 11.6 Å². The first-order chi connectivity index (χ1) is 8.60. The van der Waals surface area contributed by atoms with Gasteiger partial charge in [-0.2, -0.15) is 0 Å². The molecule has 2 atom stereocenters. The fraction of sp³-hybridized carbons (Fsp3) is 0.538. The number of hydrogen-bond acceptors (Lipinski definition) is 4. The molecule has 0 saturated carbocycles. The van der Waals surface area contributed by atoms with Crippen LogP contribution in [0.15, 0.2) is 18.2 Å². The number of halogens is 1. The van der Waals surface area contributed by atoms with Gasteiger partial charge in [-0.05, 0) is 19.1 Å². The van der Waals surface area contributed by atoms with Crippen LogP contribution in [0, 0.1) is 5.82 Å². The Morgan fingerprint density at radius 3 is 2.72 bits per heavy atom. The summed E-state index contributed by atoms with van der Waals surface area (Å²) in [5, 5.41) is 12.6. The van der Waals surface area contributed by atoms with Gasteiger partial charge in [0.25, 0.3) is 0 Å². The van der Waals surface area contributed by atoms with E-state index >= 15 is 0 Å². The number of methoxy groups -OCH3 is 2. The van der Waals surface area contributed by atoms with E-state index in [4.69, 9.17) is 9.47 Å². The van der Waals surface area contributed by atoms with Crippen LogP contribution in [0.2, 0.25) is 0 Å². The van der Waals surface area contributed by atoms with Gasteiger partial charge in [0.15, 0.2) is 0 Å². The summed E-state index contributed by atoms with van der Waals surface area (Å²) in [5.41, 5.74) is 0.463. The van der Waals surface area contributed by atoms with Crippen LogP contribution in [0.5, 0.6) is 5.75 Å². The van der Waals surface area contributed by atoms with E-state index in [0.717, 1.165) is 0 Å². The van der Waals surface area contributed by atoms with Gasteiger partial charge in [-0.15, -0.1) is 0 Å². The fourth-order valence-corrected chi connectivity index (χ4v) is 1.78. The molecule has 0 fully saturated rings. The Labute approximate surface area is 107 Å². The normalized spacial score (nSPS) is 14.3. The molecule has 1 aromatic rings. The van der Waals surface area contributed by atoms with Crippen LogP contribution < -0.4 is 10.1 Å². The third-order valence-corrected chi connectivity index (χ3v) is 2.68. The smallest absolute Gasteiger partial charge is 0.131 e. The summed E-state index contributed by atoms with van der Waals surface area (Å²) in [6.07, 6.45) is -0.616. The van der Waals surface area contributed by atoms with E-state index in [0.29, 0.717) is 17.9 Å². The number of rotatable bonds is 7. The molecule has 102 valence electrons. The zero-order valence-electron chi connectivity index (χ0n) is 10.9. The Morgan fingerprint density at radius 1 is 1.39 bits per heavy atom. The minimum Gasteiger partial charge on any atom is -0.496 e. The molecular weight excluding hydrogens is 237 g/mol. The van der Waals surface area contributed by atoms with E-state index in [2.05, 4.69) is 5.32 Å². The van der Waals surface area contributed by atoms with Crippen LogP contribution in [0.4, 0.5) is 4.39 Å². The second kappa shape index (κ2) is 7.31. The molecule has 0 heterocycles. The molecule has 0 aromatic heterocycles. The Balaban J connectivity index is 2.69. The average Bonchev–Trinajstić information content (AvgIpc) is 2.36. The topological polar surface area (TPSA) is 50.7 Å². The first-order valence-electron chi connectivity index (χ1n) is 5.83. The van der Waals surface area contributed by atoms with Crippen LogP contribution in [-0.2, 0) is 4.74 Å². The molecule has 0 saturated heterocycles. The van der Waals surface area contributed by atoms with Crippen LogP contribution in [0.1, 0.15) is 18.5 Å². The number of hydrogen-bond donors (Lipinski definition) is 2. The quantitative estimate of drug-likeness (QED) is 0.777. The van der Waals surface area contributed by atoms with Gasteiger partial charge in [-0.25, -0.2) is 4.39 Å². The van der Waals surface area contributed by atoms with Crippen LogP contribution in [-0.4, -0.2) is 38.6 Å². The van der Waals surface area contributed by atoms with Gasteiger partial charge >= 0.3 is 0 Å². The molecule has 0 spiro atoms. The molecule has 1 aromatic carbocycles. The molecule has 0 bridgehead atoms. The van der Waals surface area contributed by atoms with Crippen molar-refractivity contribution in [2.24, 2.45) is 0 Å². The van der Waals surface area contributed by atoms with Crippen molar-refractivity contribution in [2.75, 3.05) is 27.4 Å². The van der Waals surface area contributed by atoms with Crippen molar-refractivity contribution in [2.45, 2.75) is 19.1 Å². The highest BCUT2D eigenvalue weighted by molar-refractivity contribution is 5.36. The van der Waals surface area contributed by atoms with Crippen molar-refractivity contribution in [3.05, 3.63) is 29.6 Å². The lowest BCUT2D eigenvalue weighted by atomic mass is 10.1. The number of ether oxygens (including phenoxy) is 2. The molecule has 18 heavy (non-hydrogen) atoms. The van der Waals surface area contributed by atoms with Crippen molar-refractivity contribution in [1.82, 2.24) is 5.32 Å². The van der Waals surface area contributed by atoms with Crippen LogP contribution >= 0.6 is 0 Å². The van der Waals surface area contributed by atoms with Crippen molar-refractivity contribution < 1.29 is 19.0 Å². The third kappa shape index (κ3) is 3.94. The van der Waals surface area contributed by atoms with E-state index in [1.807, 2.05) is 6.92 Å². The molecule has 2 N–H and O–H groups in total. The van der Waals surface area contributed by atoms with E-state index in [9.17, 15) is 9.50 Å². The lowest BCUT2D eigenvalue weighted by Crippen LogP contribution is -2.32. The van der Waals surface area contributed by atoms with E-state index in [-0.39, 0.29) is 18.5 Å². The molecule has 0 radical (unpaired) electrons. The van der Waals surface area contributed by atoms with Gasteiger partial charge in [0.05, 0.1) is 19.8 Å². The summed E-state index contributed by atoms with van der Waals surface area (Å²) in [5.74, 6) is 0.173. The predicted octanol–water partition coefficient (Wildman–Crippen LogP) is 1.49. The van der Waals surface area contributed by atoms with Crippen molar-refractivity contribution >= 4 is 0 Å². The van der Waals surface area contributed by atoms with Crippen molar-refractivity contribution in [3.63, 3.8) is 0 Å². The molecule has 0 aliphatic rings. The Bertz CT molecular complexity index is 373. The Morgan fingerprint density at radius 2 is 2.11 bits per heavy atom. The lowest BCUT2D eigenvalue weighted by Gasteiger charge is -2.19. The van der Waals surface area contributed by atoms with Crippen molar-refractivity contribution in [1.29, 1.82) is 0 Å².